The van der Waals surface area contributed by atoms with Crippen LogP contribution in [-0.2, 0) is 14.3 Å². The number of thioether (sulfide) groups is 1. The zero-order valence-corrected chi connectivity index (χ0v) is 12.4. The van der Waals surface area contributed by atoms with Crippen molar-refractivity contribution < 1.29 is 19.4 Å². The van der Waals surface area contributed by atoms with Gasteiger partial charge in [0.1, 0.15) is 24.9 Å². The van der Waals surface area contributed by atoms with Crippen LogP contribution in [0, 0.1) is 11.2 Å². The van der Waals surface area contributed by atoms with Gasteiger partial charge in [-0.1, -0.05) is 36.3 Å². The maximum absolute atomic E-state index is 10.8. The number of carbonyl (C=O) groups excluding carboxylic acids is 1. The lowest BCUT2D eigenvalue weighted by Crippen LogP contribution is -2.36. The van der Waals surface area contributed by atoms with Gasteiger partial charge in [-0.3, -0.25) is 4.79 Å². The van der Waals surface area contributed by atoms with E-state index in [9.17, 15) is 9.90 Å². The number of ether oxygens (including phenoxy) is 2. The van der Waals surface area contributed by atoms with Crippen LogP contribution in [0.3, 0.4) is 0 Å². The average molecular weight is 304 g/mol. The molecule has 1 N–H and O–H groups in total. The van der Waals surface area contributed by atoms with Gasteiger partial charge in [-0.15, -0.1) is 0 Å². The van der Waals surface area contributed by atoms with Gasteiger partial charge in [-0.2, -0.15) is 0 Å². The average Bonchev–Trinajstić information content (AvgIpc) is 2.49. The molecule has 0 amide bonds. The number of hydrogen-bond acceptors (Lipinski definition) is 5. The van der Waals surface area contributed by atoms with Crippen LogP contribution < -0.4 is 0 Å². The van der Waals surface area contributed by atoms with Crippen molar-refractivity contribution in [2.75, 3.05) is 6.61 Å². The molecule has 3 atom stereocenters. The third-order valence-electron chi connectivity index (χ3n) is 2.72. The number of hydrogen-bond donors (Lipinski definition) is 1. The number of esters is 1. The summed E-state index contributed by atoms with van der Waals surface area (Å²) in [6, 6.07) is 9.74. The van der Waals surface area contributed by atoms with E-state index in [4.69, 9.17) is 9.47 Å². The fraction of sp³-hybridized carbons (Fsp3) is 0.312. The van der Waals surface area contributed by atoms with E-state index in [1.807, 2.05) is 30.3 Å². The zero-order chi connectivity index (χ0) is 15.1. The Hall–Kier alpha value is -1.74. The molecule has 0 radical (unpaired) electrons. The van der Waals surface area contributed by atoms with Crippen LogP contribution >= 0.6 is 11.8 Å². The summed E-state index contributed by atoms with van der Waals surface area (Å²) in [6.45, 7) is 1.47. The van der Waals surface area contributed by atoms with Crippen molar-refractivity contribution in [3.05, 3.63) is 42.5 Å². The van der Waals surface area contributed by atoms with Crippen LogP contribution in [0.4, 0.5) is 0 Å². The van der Waals surface area contributed by atoms with Crippen LogP contribution in [0.5, 0.6) is 0 Å². The Morgan fingerprint density at radius 3 is 2.86 bits per heavy atom. The fourth-order valence-corrected chi connectivity index (χ4v) is 2.29. The van der Waals surface area contributed by atoms with E-state index in [0.29, 0.717) is 0 Å². The molecular formula is C16H16O4S. The smallest absolute Gasteiger partial charge is 0.302 e. The molecule has 0 unspecified atom stereocenters. The van der Waals surface area contributed by atoms with Gasteiger partial charge in [0, 0.05) is 11.8 Å². The summed E-state index contributed by atoms with van der Waals surface area (Å²) in [5.74, 6) is 2.53. The second-order valence-corrected chi connectivity index (χ2v) is 5.31. The van der Waals surface area contributed by atoms with E-state index >= 15 is 0 Å². The first kappa shape index (κ1) is 15.6. The van der Waals surface area contributed by atoms with Crippen molar-refractivity contribution in [2.24, 2.45) is 0 Å². The van der Waals surface area contributed by atoms with E-state index < -0.39 is 12.2 Å². The van der Waals surface area contributed by atoms with Gasteiger partial charge in [0.2, 0.25) is 0 Å². The van der Waals surface area contributed by atoms with Crippen molar-refractivity contribution >= 4 is 17.7 Å². The summed E-state index contributed by atoms with van der Waals surface area (Å²) in [7, 11) is 0. The highest BCUT2D eigenvalue weighted by Gasteiger charge is 2.24. The maximum atomic E-state index is 10.8. The van der Waals surface area contributed by atoms with Crippen LogP contribution in [0.15, 0.2) is 47.4 Å². The zero-order valence-electron chi connectivity index (χ0n) is 11.6. The summed E-state index contributed by atoms with van der Waals surface area (Å²) < 4.78 is 10.5. The maximum Gasteiger partial charge on any atom is 0.302 e. The third kappa shape index (κ3) is 5.27. The molecule has 1 aromatic carbocycles. The predicted molar refractivity (Wildman–Crippen MR) is 80.5 cm³/mol. The van der Waals surface area contributed by atoms with Crippen LogP contribution in [-0.4, -0.2) is 36.0 Å². The van der Waals surface area contributed by atoms with Crippen LogP contribution in [0.25, 0.3) is 0 Å². The summed E-state index contributed by atoms with van der Waals surface area (Å²) >= 11 is 1.37. The van der Waals surface area contributed by atoms with Crippen LogP contribution in [0.2, 0.25) is 0 Å². The molecule has 0 saturated carbocycles. The van der Waals surface area contributed by atoms with E-state index in [0.717, 1.165) is 4.90 Å². The molecule has 0 saturated heterocycles. The van der Waals surface area contributed by atoms with Gasteiger partial charge in [0.05, 0.1) is 0 Å². The molecule has 4 nitrogen and oxygen atoms in total. The third-order valence-corrected chi connectivity index (χ3v) is 3.45. The van der Waals surface area contributed by atoms with Gasteiger partial charge in [-0.25, -0.2) is 0 Å². The second kappa shape index (κ2) is 7.89. The number of aliphatic hydroxyl groups is 1. The van der Waals surface area contributed by atoms with E-state index in [1.54, 1.807) is 12.2 Å². The number of rotatable bonds is 3. The molecule has 110 valence electrons. The molecule has 1 aromatic rings. The molecule has 21 heavy (non-hydrogen) atoms. The molecule has 0 bridgehead atoms. The minimum Gasteiger partial charge on any atom is -0.463 e. The largest absolute Gasteiger partial charge is 0.463 e. The molecule has 0 aromatic heterocycles. The highest BCUT2D eigenvalue weighted by Crippen LogP contribution is 2.17. The summed E-state index contributed by atoms with van der Waals surface area (Å²) in [4.78, 5) is 11.8. The molecule has 0 aliphatic carbocycles. The lowest BCUT2D eigenvalue weighted by molar-refractivity contribution is -0.145. The molecule has 0 fully saturated rings. The Bertz CT molecular complexity index is 559. The number of benzene rings is 1. The van der Waals surface area contributed by atoms with Crippen molar-refractivity contribution in [3.63, 3.8) is 0 Å². The highest BCUT2D eigenvalue weighted by molar-refractivity contribution is 8.03. The van der Waals surface area contributed by atoms with E-state index in [-0.39, 0.29) is 18.7 Å². The van der Waals surface area contributed by atoms with Crippen molar-refractivity contribution in [1.29, 1.82) is 0 Å². The molecule has 1 aliphatic rings. The van der Waals surface area contributed by atoms with Gasteiger partial charge >= 0.3 is 5.97 Å². The van der Waals surface area contributed by atoms with Crippen molar-refractivity contribution in [3.8, 4) is 11.2 Å². The van der Waals surface area contributed by atoms with Crippen molar-refractivity contribution in [1.82, 2.24) is 0 Å². The molecule has 5 heteroatoms. The quantitative estimate of drug-likeness (QED) is 0.400. The lowest BCUT2D eigenvalue weighted by Gasteiger charge is -2.25. The molecule has 0 spiro atoms. The van der Waals surface area contributed by atoms with Gasteiger partial charge in [0.25, 0.3) is 0 Å². The second-order valence-electron chi connectivity index (χ2n) is 4.43. The molecule has 1 aliphatic heterocycles. The van der Waals surface area contributed by atoms with Gasteiger partial charge in [-0.05, 0) is 29.1 Å². The lowest BCUT2D eigenvalue weighted by atomic mass is 10.1. The van der Waals surface area contributed by atoms with Crippen molar-refractivity contribution in [2.45, 2.75) is 30.1 Å². The number of aliphatic hydroxyl groups excluding tert-OH is 1. The standard InChI is InChI=1S/C16H16O4S/c1-12(17)19-11-13-7-8-15(18)16(20-13)9-10-21-14-5-3-2-4-6-14/h2-8,13,15-16,18H,11H2,1H3/t13-,15+,16+/m0/s1. The molecule has 1 heterocycles. The Morgan fingerprint density at radius 1 is 1.38 bits per heavy atom. The summed E-state index contributed by atoms with van der Waals surface area (Å²) in [5.41, 5.74) is 0. The van der Waals surface area contributed by atoms with Gasteiger partial charge < -0.3 is 14.6 Å². The topological polar surface area (TPSA) is 55.8 Å². The monoisotopic (exact) mass is 304 g/mol. The first-order valence-electron chi connectivity index (χ1n) is 6.53. The Morgan fingerprint density at radius 2 is 2.14 bits per heavy atom. The Balaban J connectivity index is 1.90. The Labute approximate surface area is 128 Å². The van der Waals surface area contributed by atoms with Crippen LogP contribution in [0.1, 0.15) is 6.92 Å². The van der Waals surface area contributed by atoms with E-state index in [2.05, 4.69) is 11.2 Å². The minimum atomic E-state index is -0.776. The van der Waals surface area contributed by atoms with Gasteiger partial charge in [0.15, 0.2) is 0 Å². The highest BCUT2D eigenvalue weighted by atomic mass is 32.2. The summed E-state index contributed by atoms with van der Waals surface area (Å²) in [5, 5.41) is 12.8. The number of carbonyl (C=O) groups is 1. The minimum absolute atomic E-state index is 0.128. The molecular weight excluding hydrogens is 288 g/mol. The van der Waals surface area contributed by atoms with E-state index in [1.165, 1.54) is 18.7 Å². The Kier molecular flexibility index (Phi) is 5.88. The molecule has 2 rings (SSSR count). The summed E-state index contributed by atoms with van der Waals surface area (Å²) in [6.07, 6.45) is 1.52. The first-order chi connectivity index (χ1) is 10.1. The SMILES string of the molecule is CC(=O)OC[C@@H]1C=C[C@@H](O)[C@@H](C#CSc2ccccc2)O1. The predicted octanol–water partition coefficient (Wildman–Crippen LogP) is 1.99. The normalized spacial score (nSPS) is 24.0. The fourth-order valence-electron chi connectivity index (χ4n) is 1.70. The first-order valence-corrected chi connectivity index (χ1v) is 7.34.